The summed E-state index contributed by atoms with van der Waals surface area (Å²) in [6, 6.07) is 39.8. The lowest BCUT2D eigenvalue weighted by Gasteiger charge is -2.40. The Hall–Kier alpha value is -5.38. The van der Waals surface area contributed by atoms with Crippen molar-refractivity contribution in [1.82, 2.24) is 24.8 Å². The Morgan fingerprint density at radius 2 is 1.38 bits per heavy atom. The van der Waals surface area contributed by atoms with Gasteiger partial charge < -0.3 is 15.2 Å². The van der Waals surface area contributed by atoms with Crippen molar-refractivity contribution in [2.45, 2.75) is 30.3 Å². The van der Waals surface area contributed by atoms with Crippen molar-refractivity contribution in [3.8, 4) is 0 Å². The summed E-state index contributed by atoms with van der Waals surface area (Å²) < 4.78 is 14.4. The van der Waals surface area contributed by atoms with Crippen LogP contribution in [0.15, 0.2) is 134 Å². The second-order valence-corrected chi connectivity index (χ2v) is 11.0. The Morgan fingerprint density at radius 1 is 0.822 bits per heavy atom. The molecule has 1 saturated heterocycles. The van der Waals surface area contributed by atoms with Gasteiger partial charge in [0.25, 0.3) is 0 Å². The number of hydrogen-bond donors (Lipinski definition) is 2. The molecular formula is C36H32N6O3. The van der Waals surface area contributed by atoms with E-state index in [0.717, 1.165) is 16.7 Å². The predicted octanol–water partition coefficient (Wildman–Crippen LogP) is 5.50. The number of rotatable bonds is 9. The lowest BCUT2D eigenvalue weighted by atomic mass is 9.76. The molecule has 0 amide bonds. The van der Waals surface area contributed by atoms with Crippen LogP contribution < -0.4 is 11.1 Å². The third-order valence-electron chi connectivity index (χ3n) is 8.34. The molecule has 0 aliphatic carbocycles. The SMILES string of the molecule is Nc1ncnc2c1ncn2[C@H]1C[C@H](NC(c2ccccc2)(c2ccccc2)c2ccccc2)[C@@H](COC(=O)c2ccccc2)O1. The van der Waals surface area contributed by atoms with Gasteiger partial charge in [0.1, 0.15) is 30.8 Å². The molecule has 9 heteroatoms. The number of esters is 1. The zero-order chi connectivity index (χ0) is 30.6. The zero-order valence-corrected chi connectivity index (χ0v) is 24.4. The van der Waals surface area contributed by atoms with Crippen LogP contribution in [0.2, 0.25) is 0 Å². The summed E-state index contributed by atoms with van der Waals surface area (Å²) in [6.07, 6.45) is 2.67. The van der Waals surface area contributed by atoms with E-state index in [2.05, 4.69) is 56.7 Å². The fourth-order valence-electron chi connectivity index (χ4n) is 6.20. The first kappa shape index (κ1) is 28.4. The van der Waals surface area contributed by atoms with Gasteiger partial charge in [-0.1, -0.05) is 109 Å². The second kappa shape index (κ2) is 12.3. The monoisotopic (exact) mass is 596 g/mol. The highest BCUT2D eigenvalue weighted by Gasteiger charge is 2.45. The van der Waals surface area contributed by atoms with E-state index in [0.29, 0.717) is 29.0 Å². The number of anilines is 1. The average molecular weight is 597 g/mol. The smallest absolute Gasteiger partial charge is 0.338 e. The van der Waals surface area contributed by atoms with Crippen molar-refractivity contribution < 1.29 is 14.3 Å². The molecule has 3 N–H and O–H groups in total. The van der Waals surface area contributed by atoms with Crippen LogP contribution in [0.25, 0.3) is 11.2 Å². The van der Waals surface area contributed by atoms with Crippen molar-refractivity contribution in [1.29, 1.82) is 0 Å². The van der Waals surface area contributed by atoms with Gasteiger partial charge in [0.05, 0.1) is 17.4 Å². The van der Waals surface area contributed by atoms with Crippen LogP contribution in [-0.4, -0.2) is 44.2 Å². The largest absolute Gasteiger partial charge is 0.459 e. The first-order chi connectivity index (χ1) is 22.1. The number of ether oxygens (including phenoxy) is 2. The fourth-order valence-corrected chi connectivity index (χ4v) is 6.20. The highest BCUT2D eigenvalue weighted by atomic mass is 16.6. The standard InChI is InChI=1S/C36H32N6O3/c37-33-32-34(39-23-38-33)42(24-40-32)31-21-29(30(45-31)22-44-35(43)25-13-5-1-6-14-25)41-36(26-15-7-2-8-16-26,27-17-9-3-10-18-27)28-19-11-4-12-20-28/h1-20,23-24,29-31,41H,21-22H2,(H2,37,38,39)/t29-,30+,31+/m0/s1. The number of nitrogens with two attached hydrogens (primary N) is 1. The van der Waals surface area contributed by atoms with Crippen LogP contribution >= 0.6 is 0 Å². The van der Waals surface area contributed by atoms with Crippen LogP contribution in [0.3, 0.4) is 0 Å². The maximum atomic E-state index is 13.0. The van der Waals surface area contributed by atoms with Crippen LogP contribution in [0.1, 0.15) is 39.7 Å². The summed E-state index contributed by atoms with van der Waals surface area (Å²) in [6.45, 7) is 0.0418. The van der Waals surface area contributed by atoms with E-state index in [4.69, 9.17) is 15.2 Å². The van der Waals surface area contributed by atoms with E-state index in [9.17, 15) is 4.79 Å². The lowest BCUT2D eigenvalue weighted by molar-refractivity contribution is -0.0360. The molecule has 3 heterocycles. The predicted molar refractivity (Wildman–Crippen MR) is 171 cm³/mol. The minimum atomic E-state index is -0.752. The molecule has 0 unspecified atom stereocenters. The quantitative estimate of drug-likeness (QED) is 0.166. The number of benzene rings is 4. The fraction of sp³-hybridized carbons (Fsp3) is 0.167. The van der Waals surface area contributed by atoms with Crippen molar-refractivity contribution in [2.24, 2.45) is 0 Å². The van der Waals surface area contributed by atoms with Crippen molar-refractivity contribution in [3.63, 3.8) is 0 Å². The summed E-state index contributed by atoms with van der Waals surface area (Å²) in [5.41, 5.74) is 10.1. The maximum Gasteiger partial charge on any atom is 0.338 e. The Labute approximate surface area is 260 Å². The van der Waals surface area contributed by atoms with Crippen LogP contribution in [-0.2, 0) is 15.0 Å². The third kappa shape index (κ3) is 5.43. The molecule has 45 heavy (non-hydrogen) atoms. The van der Waals surface area contributed by atoms with Gasteiger partial charge in [0.15, 0.2) is 11.5 Å². The van der Waals surface area contributed by atoms with E-state index in [1.54, 1.807) is 18.5 Å². The van der Waals surface area contributed by atoms with E-state index < -0.39 is 23.8 Å². The van der Waals surface area contributed by atoms with E-state index >= 15 is 0 Å². The molecule has 0 radical (unpaired) electrons. The first-order valence-electron chi connectivity index (χ1n) is 14.9. The van der Waals surface area contributed by atoms with Gasteiger partial charge in [-0.05, 0) is 28.8 Å². The normalized spacial score (nSPS) is 18.2. The first-order valence-corrected chi connectivity index (χ1v) is 14.9. The number of carbonyl (C=O) groups excluding carboxylic acids is 1. The Morgan fingerprint density at radius 3 is 1.96 bits per heavy atom. The molecular weight excluding hydrogens is 564 g/mol. The lowest BCUT2D eigenvalue weighted by Crippen LogP contribution is -2.53. The molecule has 3 atom stereocenters. The molecule has 2 aromatic heterocycles. The van der Waals surface area contributed by atoms with Gasteiger partial charge in [-0.25, -0.2) is 19.7 Å². The Kier molecular flexibility index (Phi) is 7.77. The van der Waals surface area contributed by atoms with Crippen molar-refractivity contribution >= 4 is 23.0 Å². The van der Waals surface area contributed by atoms with Gasteiger partial charge >= 0.3 is 5.97 Å². The van der Waals surface area contributed by atoms with E-state index in [1.807, 2.05) is 77.4 Å². The summed E-state index contributed by atoms with van der Waals surface area (Å²) in [4.78, 5) is 26.0. The highest BCUT2D eigenvalue weighted by molar-refractivity contribution is 5.89. The number of nitrogen functional groups attached to an aromatic ring is 1. The number of fused-ring (bicyclic) bond motifs is 1. The topological polar surface area (TPSA) is 117 Å². The number of carbonyl (C=O) groups is 1. The van der Waals surface area contributed by atoms with Gasteiger partial charge in [0.2, 0.25) is 0 Å². The Balaban J connectivity index is 1.30. The molecule has 0 saturated carbocycles. The van der Waals surface area contributed by atoms with Gasteiger partial charge in [0, 0.05) is 12.5 Å². The molecule has 0 bridgehead atoms. The summed E-state index contributed by atoms with van der Waals surface area (Å²) >= 11 is 0. The van der Waals surface area contributed by atoms with Crippen molar-refractivity contribution in [3.05, 3.63) is 156 Å². The highest BCUT2D eigenvalue weighted by Crippen LogP contribution is 2.41. The second-order valence-electron chi connectivity index (χ2n) is 11.0. The molecule has 1 fully saturated rings. The minimum absolute atomic E-state index is 0.0418. The minimum Gasteiger partial charge on any atom is -0.459 e. The molecule has 224 valence electrons. The molecule has 7 rings (SSSR count). The van der Waals surface area contributed by atoms with Crippen LogP contribution in [0.5, 0.6) is 0 Å². The number of aromatic nitrogens is 4. The molecule has 0 spiro atoms. The van der Waals surface area contributed by atoms with Crippen LogP contribution in [0.4, 0.5) is 5.82 Å². The molecule has 1 aliphatic heterocycles. The third-order valence-corrected chi connectivity index (χ3v) is 8.34. The zero-order valence-electron chi connectivity index (χ0n) is 24.4. The number of nitrogens with one attached hydrogen (secondary N) is 1. The molecule has 6 aromatic rings. The van der Waals surface area contributed by atoms with Crippen molar-refractivity contribution in [2.75, 3.05) is 12.3 Å². The van der Waals surface area contributed by atoms with Gasteiger partial charge in [-0.3, -0.25) is 9.88 Å². The summed E-state index contributed by atoms with van der Waals surface area (Å²) in [7, 11) is 0. The molecule has 1 aliphatic rings. The van der Waals surface area contributed by atoms with E-state index in [1.165, 1.54) is 6.33 Å². The summed E-state index contributed by atoms with van der Waals surface area (Å²) in [5.74, 6) is -0.105. The maximum absolute atomic E-state index is 13.0. The molecule has 4 aromatic carbocycles. The average Bonchev–Trinajstić information content (AvgIpc) is 3.72. The molecule has 9 nitrogen and oxygen atoms in total. The van der Waals surface area contributed by atoms with E-state index in [-0.39, 0.29) is 12.6 Å². The number of hydrogen-bond acceptors (Lipinski definition) is 8. The number of nitrogens with zero attached hydrogens (tertiary/aromatic N) is 4. The van der Waals surface area contributed by atoms with Crippen LogP contribution in [0, 0.1) is 0 Å². The number of imidazole rings is 1. The van der Waals surface area contributed by atoms with Gasteiger partial charge in [-0.15, -0.1) is 0 Å². The van der Waals surface area contributed by atoms with Gasteiger partial charge in [-0.2, -0.15) is 0 Å². The Bertz CT molecular complexity index is 1790. The summed E-state index contributed by atoms with van der Waals surface area (Å²) in [5, 5.41) is 4.04.